The summed E-state index contributed by atoms with van der Waals surface area (Å²) in [5, 5.41) is 2.47. The maximum atomic E-state index is 13.2. The molecule has 0 radical (unpaired) electrons. The van der Waals surface area contributed by atoms with Crippen LogP contribution in [0.2, 0.25) is 0 Å². The van der Waals surface area contributed by atoms with Crippen LogP contribution in [0.3, 0.4) is 0 Å². The molecule has 2 aromatic carbocycles. The van der Waals surface area contributed by atoms with Gasteiger partial charge in [-0.05, 0) is 18.1 Å². The molecule has 1 heterocycles. The number of rotatable bonds is 6. The lowest BCUT2D eigenvalue weighted by Gasteiger charge is -2.26. The highest BCUT2D eigenvalue weighted by atomic mass is 19.1. The zero-order valence-electron chi connectivity index (χ0n) is 16.4. The monoisotopic (exact) mass is 418 g/mol. The molecule has 1 unspecified atom stereocenters. The molecule has 1 N–H and O–H groups in total. The van der Waals surface area contributed by atoms with Crippen LogP contribution in [-0.4, -0.2) is 42.4 Å². The topological polar surface area (TPSA) is 84.9 Å². The fourth-order valence-electron chi connectivity index (χ4n) is 3.31. The van der Waals surface area contributed by atoms with Gasteiger partial charge in [0.15, 0.2) is 12.6 Å². The third-order valence-corrected chi connectivity index (χ3v) is 4.66. The minimum Gasteiger partial charge on any atom is -0.484 e. The highest BCUT2D eigenvalue weighted by Gasteiger charge is 2.40. The van der Waals surface area contributed by atoms with Crippen LogP contribution >= 0.6 is 0 Å². The van der Waals surface area contributed by atoms with Crippen molar-refractivity contribution in [2.24, 2.45) is 0 Å². The quantitative estimate of drug-likeness (QED) is 0.727. The summed E-state index contributed by atoms with van der Waals surface area (Å²) in [7, 11) is 1.24. The number of methoxy groups -OCH3 is 1. The molecule has 30 heavy (non-hydrogen) atoms. The van der Waals surface area contributed by atoms with Crippen LogP contribution in [0.1, 0.15) is 24.1 Å². The molecule has 0 saturated heterocycles. The highest BCUT2D eigenvalue weighted by molar-refractivity contribution is 5.92. The summed E-state index contributed by atoms with van der Waals surface area (Å²) in [6.45, 7) is 1.13. The van der Waals surface area contributed by atoms with Crippen molar-refractivity contribution in [1.29, 1.82) is 0 Å². The second-order valence-electron chi connectivity index (χ2n) is 6.77. The number of nitrogens with one attached hydrogen (secondary N) is 1. The molecule has 1 aliphatic rings. The predicted octanol–water partition coefficient (Wildman–Crippen LogP) is 2.10. The Morgan fingerprint density at radius 3 is 2.50 bits per heavy atom. The van der Waals surface area contributed by atoms with Gasteiger partial charge in [-0.1, -0.05) is 24.3 Å². The number of hydrogen-bond acceptors (Lipinski definition) is 5. The van der Waals surface area contributed by atoms with Crippen LogP contribution in [0.5, 0.6) is 5.75 Å². The van der Waals surface area contributed by atoms with Gasteiger partial charge in [-0.2, -0.15) is 0 Å². The fourth-order valence-corrected chi connectivity index (χ4v) is 3.31. The summed E-state index contributed by atoms with van der Waals surface area (Å²) in [6, 6.07) is 7.82. The first-order valence-electron chi connectivity index (χ1n) is 9.14. The van der Waals surface area contributed by atoms with Gasteiger partial charge in [0.2, 0.25) is 5.91 Å². The highest BCUT2D eigenvalue weighted by Crippen LogP contribution is 2.34. The Kier molecular flexibility index (Phi) is 6.29. The number of halogens is 2. The second kappa shape index (κ2) is 8.89. The summed E-state index contributed by atoms with van der Waals surface area (Å²) in [5.41, 5.74) is 1.49. The van der Waals surface area contributed by atoms with Gasteiger partial charge in [-0.25, -0.2) is 13.6 Å². The molecule has 0 aliphatic carbocycles. The molecule has 0 bridgehead atoms. The van der Waals surface area contributed by atoms with Crippen LogP contribution in [0.15, 0.2) is 42.5 Å². The molecule has 2 amide bonds. The van der Waals surface area contributed by atoms with E-state index in [1.165, 1.54) is 18.9 Å². The Morgan fingerprint density at radius 1 is 1.17 bits per heavy atom. The maximum absolute atomic E-state index is 13.2. The van der Waals surface area contributed by atoms with Gasteiger partial charge in [0, 0.05) is 24.7 Å². The van der Waals surface area contributed by atoms with E-state index in [9.17, 15) is 23.2 Å². The molecule has 7 nitrogen and oxygen atoms in total. The lowest BCUT2D eigenvalue weighted by atomic mass is 10.1. The van der Waals surface area contributed by atoms with Crippen molar-refractivity contribution in [3.63, 3.8) is 0 Å². The molecule has 158 valence electrons. The summed E-state index contributed by atoms with van der Waals surface area (Å²) in [5.74, 6) is -3.54. The summed E-state index contributed by atoms with van der Waals surface area (Å²) in [6.07, 6.45) is 0. The first kappa shape index (κ1) is 21.2. The first-order valence-corrected chi connectivity index (χ1v) is 9.14. The minimum atomic E-state index is -0.966. The number of hydrogen-bond donors (Lipinski definition) is 1. The summed E-state index contributed by atoms with van der Waals surface area (Å²) in [4.78, 5) is 38.6. The normalized spacial score (nSPS) is 15.9. The predicted molar refractivity (Wildman–Crippen MR) is 101 cm³/mol. The molecule has 2 atom stereocenters. The molecule has 0 saturated carbocycles. The van der Waals surface area contributed by atoms with Crippen molar-refractivity contribution < 1.29 is 32.6 Å². The molecular weight excluding hydrogens is 398 g/mol. The molecule has 9 heteroatoms. The number of nitrogens with zero attached hydrogens (tertiary/aromatic N) is 1. The van der Waals surface area contributed by atoms with E-state index in [0.717, 1.165) is 17.7 Å². The van der Waals surface area contributed by atoms with Crippen LogP contribution < -0.4 is 10.1 Å². The van der Waals surface area contributed by atoms with E-state index in [-0.39, 0.29) is 12.3 Å². The number of amides is 2. The average Bonchev–Trinajstić information content (AvgIpc) is 3.10. The Bertz CT molecular complexity index is 961. The van der Waals surface area contributed by atoms with E-state index < -0.39 is 48.1 Å². The molecule has 0 spiro atoms. The molecule has 0 fully saturated rings. The van der Waals surface area contributed by atoms with Gasteiger partial charge in [0.05, 0.1) is 7.11 Å². The standard InChI is InChI=1S/C21H20F2N2O5/c1-12(24-18(26)11-30-16-8-14(22)7-15(23)9-16)20(27)25-10-13-5-3-4-6-17(13)19(25)21(28)29-2/h3-9,12,19H,10-11H2,1-2H3,(H,24,26)/t12-,19?/m0/s1. The zero-order valence-corrected chi connectivity index (χ0v) is 16.4. The van der Waals surface area contributed by atoms with Crippen molar-refractivity contribution in [3.8, 4) is 5.75 Å². The van der Waals surface area contributed by atoms with Gasteiger partial charge in [0.25, 0.3) is 5.91 Å². The van der Waals surface area contributed by atoms with E-state index in [1.54, 1.807) is 18.2 Å². The van der Waals surface area contributed by atoms with Crippen molar-refractivity contribution in [2.45, 2.75) is 25.6 Å². The Balaban J connectivity index is 1.63. The van der Waals surface area contributed by atoms with E-state index in [1.807, 2.05) is 6.07 Å². The Labute approximate surface area is 171 Å². The van der Waals surface area contributed by atoms with E-state index in [4.69, 9.17) is 9.47 Å². The van der Waals surface area contributed by atoms with Crippen LogP contribution in [0.25, 0.3) is 0 Å². The van der Waals surface area contributed by atoms with Gasteiger partial charge in [0.1, 0.15) is 23.4 Å². The SMILES string of the molecule is COC(=O)C1c2ccccc2CN1C(=O)[C@H](C)NC(=O)COc1cc(F)cc(F)c1. The summed E-state index contributed by atoms with van der Waals surface area (Å²) >= 11 is 0. The zero-order chi connectivity index (χ0) is 21.8. The van der Waals surface area contributed by atoms with Crippen molar-refractivity contribution in [2.75, 3.05) is 13.7 Å². The van der Waals surface area contributed by atoms with E-state index in [0.29, 0.717) is 11.6 Å². The molecule has 2 aromatic rings. The van der Waals surface area contributed by atoms with Crippen molar-refractivity contribution in [1.82, 2.24) is 10.2 Å². The Hall–Kier alpha value is -3.49. The third-order valence-electron chi connectivity index (χ3n) is 4.66. The largest absolute Gasteiger partial charge is 0.484 e. The van der Waals surface area contributed by atoms with Gasteiger partial charge in [-0.15, -0.1) is 0 Å². The number of carbonyl (C=O) groups is 3. The van der Waals surface area contributed by atoms with E-state index in [2.05, 4.69) is 5.32 Å². The van der Waals surface area contributed by atoms with Crippen LogP contribution in [-0.2, 0) is 25.7 Å². The number of carbonyl (C=O) groups excluding carboxylic acids is 3. The lowest BCUT2D eigenvalue weighted by Crippen LogP contribution is -2.48. The maximum Gasteiger partial charge on any atom is 0.333 e. The molecule has 3 rings (SSSR count). The lowest BCUT2D eigenvalue weighted by molar-refractivity contribution is -0.153. The minimum absolute atomic E-state index is 0.151. The number of esters is 1. The van der Waals surface area contributed by atoms with Gasteiger partial charge < -0.3 is 19.7 Å². The fraction of sp³-hybridized carbons (Fsp3) is 0.286. The van der Waals surface area contributed by atoms with Crippen molar-refractivity contribution >= 4 is 17.8 Å². The van der Waals surface area contributed by atoms with Crippen LogP contribution in [0, 0.1) is 11.6 Å². The van der Waals surface area contributed by atoms with Crippen molar-refractivity contribution in [3.05, 3.63) is 65.2 Å². The van der Waals surface area contributed by atoms with Gasteiger partial charge in [-0.3, -0.25) is 9.59 Å². The Morgan fingerprint density at radius 2 is 1.83 bits per heavy atom. The third kappa shape index (κ3) is 4.56. The second-order valence-corrected chi connectivity index (χ2v) is 6.77. The number of fused-ring (bicyclic) bond motifs is 1. The van der Waals surface area contributed by atoms with Gasteiger partial charge >= 0.3 is 5.97 Å². The van der Waals surface area contributed by atoms with Crippen LogP contribution in [0.4, 0.5) is 8.78 Å². The number of ether oxygens (including phenoxy) is 2. The average molecular weight is 418 g/mol. The first-order chi connectivity index (χ1) is 14.3. The molecule has 0 aromatic heterocycles. The molecule has 1 aliphatic heterocycles. The number of benzene rings is 2. The molecular formula is C21H20F2N2O5. The van der Waals surface area contributed by atoms with E-state index >= 15 is 0 Å². The smallest absolute Gasteiger partial charge is 0.333 e. The summed E-state index contributed by atoms with van der Waals surface area (Å²) < 4.78 is 36.3.